The summed E-state index contributed by atoms with van der Waals surface area (Å²) in [7, 11) is -3.75. The molecule has 6 rings (SSSR count). The lowest BCUT2D eigenvalue weighted by atomic mass is 10.1. The van der Waals surface area contributed by atoms with Crippen LogP contribution in [0.25, 0.3) is 42.0 Å². The quantitative estimate of drug-likeness (QED) is 0.284. The highest BCUT2D eigenvalue weighted by Gasteiger charge is 2.24. The van der Waals surface area contributed by atoms with Gasteiger partial charge in [-0.25, -0.2) is 12.4 Å². The van der Waals surface area contributed by atoms with Gasteiger partial charge in [0.25, 0.3) is 10.0 Å². The summed E-state index contributed by atoms with van der Waals surface area (Å²) in [6, 6.07) is 21.4. The summed E-state index contributed by atoms with van der Waals surface area (Å²) in [6.07, 6.45) is 0. The van der Waals surface area contributed by atoms with Crippen LogP contribution >= 0.6 is 22.7 Å². The summed E-state index contributed by atoms with van der Waals surface area (Å²) < 4.78 is 31.3. The van der Waals surface area contributed by atoms with Crippen LogP contribution in [0.1, 0.15) is 9.75 Å². The average Bonchev–Trinajstić information content (AvgIpc) is 3.35. The smallest absolute Gasteiger partial charge is 0.233 e. The average molecular weight is 448 g/mol. The van der Waals surface area contributed by atoms with Gasteiger partial charge in [0, 0.05) is 29.9 Å². The first-order valence-corrected chi connectivity index (χ1v) is 12.7. The van der Waals surface area contributed by atoms with Crippen LogP contribution in [0, 0.1) is 13.8 Å². The number of rotatable bonds is 2. The number of nitrogens with zero attached hydrogens (tertiary/aromatic N) is 1. The van der Waals surface area contributed by atoms with E-state index < -0.39 is 10.0 Å². The molecule has 0 atom stereocenters. The van der Waals surface area contributed by atoms with Crippen molar-refractivity contribution in [2.45, 2.75) is 18.7 Å². The maximum absolute atomic E-state index is 13.8. The van der Waals surface area contributed by atoms with Crippen LogP contribution in [0.15, 0.2) is 71.6 Å². The molecule has 0 N–H and O–H groups in total. The highest BCUT2D eigenvalue weighted by molar-refractivity contribution is 7.90. The van der Waals surface area contributed by atoms with E-state index in [4.69, 9.17) is 0 Å². The van der Waals surface area contributed by atoms with Crippen LogP contribution < -0.4 is 0 Å². The van der Waals surface area contributed by atoms with Crippen LogP contribution in [0.3, 0.4) is 0 Å². The molecule has 6 aromatic rings. The molecule has 3 aromatic heterocycles. The fraction of sp³-hybridized carbons (Fsp3) is 0.0833. The first-order chi connectivity index (χ1) is 14.4. The van der Waals surface area contributed by atoms with E-state index in [0.29, 0.717) is 4.90 Å². The van der Waals surface area contributed by atoms with Gasteiger partial charge in [-0.2, -0.15) is 0 Å². The van der Waals surface area contributed by atoms with Gasteiger partial charge in [-0.15, -0.1) is 22.7 Å². The molecule has 148 valence electrons. The second-order valence-corrected chi connectivity index (χ2v) is 12.0. The zero-order chi connectivity index (χ0) is 20.6. The van der Waals surface area contributed by atoms with Crippen LogP contribution in [-0.4, -0.2) is 12.4 Å². The summed E-state index contributed by atoms with van der Waals surface area (Å²) in [5, 5.41) is 4.26. The van der Waals surface area contributed by atoms with Crippen molar-refractivity contribution in [2.75, 3.05) is 0 Å². The monoisotopic (exact) mass is 447 g/mol. The number of hydrogen-bond donors (Lipinski definition) is 0. The topological polar surface area (TPSA) is 39.1 Å². The molecule has 0 amide bonds. The van der Waals surface area contributed by atoms with Gasteiger partial charge in [-0.05, 0) is 73.2 Å². The van der Waals surface area contributed by atoms with Crippen molar-refractivity contribution >= 4 is 74.7 Å². The third-order valence-corrected chi connectivity index (χ3v) is 9.29. The number of fused-ring (bicyclic) bond motifs is 5. The second kappa shape index (κ2) is 6.17. The molecule has 3 nitrogen and oxygen atoms in total. The lowest BCUT2D eigenvalue weighted by molar-refractivity contribution is 0.590. The Morgan fingerprint density at radius 1 is 0.700 bits per heavy atom. The van der Waals surface area contributed by atoms with E-state index in [-0.39, 0.29) is 0 Å². The summed E-state index contributed by atoms with van der Waals surface area (Å²) in [5.41, 5.74) is 1.47. The number of thiophene rings is 2. The summed E-state index contributed by atoms with van der Waals surface area (Å²) in [5.74, 6) is 0. The maximum atomic E-state index is 13.8. The standard InChI is InChI=1S/C24H17NO2S3/c1-14-8-16-10-19-20-11-17-9-15(2)29-24(17)13-22(20)25(21(19)12-23(16)28-14)30(26,27)18-6-4-3-5-7-18/h3-13H,1-2H3. The second-order valence-electron chi connectivity index (χ2n) is 7.61. The minimum atomic E-state index is -3.75. The van der Waals surface area contributed by atoms with Crippen molar-refractivity contribution in [2.24, 2.45) is 0 Å². The largest absolute Gasteiger partial charge is 0.268 e. The molecule has 0 aliphatic heterocycles. The zero-order valence-electron chi connectivity index (χ0n) is 16.3. The Bertz CT molecular complexity index is 1620. The van der Waals surface area contributed by atoms with E-state index in [1.165, 1.54) is 13.7 Å². The predicted molar refractivity (Wildman–Crippen MR) is 129 cm³/mol. The van der Waals surface area contributed by atoms with Gasteiger partial charge >= 0.3 is 0 Å². The van der Waals surface area contributed by atoms with E-state index in [0.717, 1.165) is 42.0 Å². The first-order valence-electron chi connectivity index (χ1n) is 9.61. The first kappa shape index (κ1) is 18.1. The van der Waals surface area contributed by atoms with Crippen molar-refractivity contribution in [3.05, 3.63) is 76.5 Å². The van der Waals surface area contributed by atoms with E-state index in [1.54, 1.807) is 46.9 Å². The number of hydrogen-bond acceptors (Lipinski definition) is 4. The molecule has 3 aromatic carbocycles. The SMILES string of the molecule is Cc1cc2cc3c4cc5cc(C)sc5cc4n(S(=O)(=O)c4ccccc4)c3cc2s1. The Hall–Kier alpha value is -2.67. The van der Waals surface area contributed by atoms with Crippen LogP contribution in [-0.2, 0) is 10.0 Å². The molecule has 6 heteroatoms. The van der Waals surface area contributed by atoms with E-state index in [2.05, 4.69) is 38.1 Å². The molecule has 0 aliphatic rings. The Balaban J connectivity index is 1.84. The van der Waals surface area contributed by atoms with Gasteiger partial charge in [0.2, 0.25) is 0 Å². The fourth-order valence-electron chi connectivity index (χ4n) is 4.27. The minimum absolute atomic E-state index is 0.300. The van der Waals surface area contributed by atoms with Gasteiger partial charge in [0.15, 0.2) is 0 Å². The van der Waals surface area contributed by atoms with Crippen molar-refractivity contribution in [3.63, 3.8) is 0 Å². The van der Waals surface area contributed by atoms with E-state index in [1.807, 2.05) is 18.2 Å². The fourth-order valence-corrected chi connectivity index (χ4v) is 7.68. The molecule has 0 spiro atoms. The van der Waals surface area contributed by atoms with Gasteiger partial charge in [0.1, 0.15) is 0 Å². The van der Waals surface area contributed by atoms with Gasteiger partial charge < -0.3 is 0 Å². The zero-order valence-corrected chi connectivity index (χ0v) is 18.8. The number of aryl methyl sites for hydroxylation is 2. The van der Waals surface area contributed by atoms with Gasteiger partial charge in [-0.1, -0.05) is 18.2 Å². The van der Waals surface area contributed by atoms with Gasteiger partial charge in [0.05, 0.1) is 15.9 Å². The van der Waals surface area contributed by atoms with Gasteiger partial charge in [-0.3, -0.25) is 0 Å². The molecule has 30 heavy (non-hydrogen) atoms. The number of aromatic nitrogens is 1. The highest BCUT2D eigenvalue weighted by atomic mass is 32.2. The molecule has 0 saturated heterocycles. The Morgan fingerprint density at radius 3 is 1.70 bits per heavy atom. The van der Waals surface area contributed by atoms with Crippen molar-refractivity contribution in [1.29, 1.82) is 0 Å². The predicted octanol–water partition coefficient (Wildman–Crippen LogP) is 7.08. The summed E-state index contributed by atoms with van der Waals surface area (Å²) >= 11 is 3.39. The molecular weight excluding hydrogens is 430 g/mol. The molecule has 0 saturated carbocycles. The Morgan fingerprint density at radius 2 is 1.20 bits per heavy atom. The summed E-state index contributed by atoms with van der Waals surface area (Å²) in [6.45, 7) is 4.17. The van der Waals surface area contributed by atoms with E-state index >= 15 is 0 Å². The molecule has 0 fully saturated rings. The van der Waals surface area contributed by atoms with Crippen LogP contribution in [0.5, 0.6) is 0 Å². The summed E-state index contributed by atoms with van der Waals surface area (Å²) in [4.78, 5) is 2.74. The van der Waals surface area contributed by atoms with Crippen LogP contribution in [0.2, 0.25) is 0 Å². The lowest BCUT2D eigenvalue weighted by Gasteiger charge is -2.09. The Labute approximate surface area is 181 Å². The maximum Gasteiger partial charge on any atom is 0.268 e. The molecule has 0 bridgehead atoms. The number of benzene rings is 3. The molecule has 0 unspecified atom stereocenters. The van der Waals surface area contributed by atoms with Crippen molar-refractivity contribution in [1.82, 2.24) is 3.97 Å². The molecule has 3 heterocycles. The Kier molecular flexibility index (Phi) is 3.73. The van der Waals surface area contributed by atoms with Crippen molar-refractivity contribution in [3.8, 4) is 0 Å². The normalized spacial score (nSPS) is 12.6. The molecule has 0 aliphatic carbocycles. The highest BCUT2D eigenvalue weighted by Crippen LogP contribution is 2.40. The minimum Gasteiger partial charge on any atom is -0.233 e. The molecular formula is C24H17NO2S3. The van der Waals surface area contributed by atoms with Crippen molar-refractivity contribution < 1.29 is 8.42 Å². The lowest BCUT2D eigenvalue weighted by Crippen LogP contribution is -2.12. The third-order valence-electron chi connectivity index (χ3n) is 5.52. The third kappa shape index (κ3) is 2.51. The molecule has 0 radical (unpaired) electrons. The van der Waals surface area contributed by atoms with Crippen LogP contribution in [0.4, 0.5) is 0 Å². The van der Waals surface area contributed by atoms with E-state index in [9.17, 15) is 8.42 Å².